The minimum Gasteiger partial charge on any atom is -0.319 e. The first-order valence-corrected chi connectivity index (χ1v) is 6.77. The Labute approximate surface area is 106 Å². The number of benzene rings is 1. The van der Waals surface area contributed by atoms with Gasteiger partial charge in [-0.3, -0.25) is 0 Å². The van der Waals surface area contributed by atoms with Gasteiger partial charge < -0.3 is 5.32 Å². The Morgan fingerprint density at radius 2 is 2.12 bits per heavy atom. The minimum atomic E-state index is 0.638. The van der Waals surface area contributed by atoms with Gasteiger partial charge in [-0.2, -0.15) is 0 Å². The molecule has 0 bridgehead atoms. The van der Waals surface area contributed by atoms with Gasteiger partial charge in [0, 0.05) is 11.1 Å². The maximum atomic E-state index is 4.37. The molecule has 0 fully saturated rings. The molecule has 1 unspecified atom stereocenters. The van der Waals surface area contributed by atoms with Gasteiger partial charge in [-0.1, -0.05) is 25.1 Å². The minimum absolute atomic E-state index is 0.638. The number of hydrogen-bond donors (Lipinski definition) is 1. The van der Waals surface area contributed by atoms with E-state index in [1.165, 1.54) is 0 Å². The summed E-state index contributed by atoms with van der Waals surface area (Å²) in [5.74, 6) is 1.71. The number of thioether (sulfide) groups is 1. The van der Waals surface area contributed by atoms with E-state index in [1.54, 1.807) is 18.1 Å². The molecule has 0 aliphatic rings. The van der Waals surface area contributed by atoms with E-state index in [2.05, 4.69) is 28.3 Å². The molecule has 0 saturated carbocycles. The first kappa shape index (κ1) is 12.3. The lowest BCUT2D eigenvalue weighted by atomic mass is 10.2. The van der Waals surface area contributed by atoms with Gasteiger partial charge in [-0.15, -0.1) is 11.8 Å². The number of nitrogens with zero attached hydrogens (tertiary/aromatic N) is 2. The summed E-state index contributed by atoms with van der Waals surface area (Å²) in [6.07, 6.45) is 1.65. The molecular weight excluding hydrogens is 230 g/mol. The highest BCUT2D eigenvalue weighted by Crippen LogP contribution is 2.25. The third-order valence-electron chi connectivity index (χ3n) is 2.56. The number of rotatable bonds is 5. The molecule has 1 heterocycles. The van der Waals surface area contributed by atoms with Crippen molar-refractivity contribution < 1.29 is 0 Å². The van der Waals surface area contributed by atoms with Crippen LogP contribution in [0.5, 0.6) is 0 Å². The molecule has 1 aromatic heterocycles. The van der Waals surface area contributed by atoms with E-state index in [-0.39, 0.29) is 0 Å². The van der Waals surface area contributed by atoms with E-state index >= 15 is 0 Å². The summed E-state index contributed by atoms with van der Waals surface area (Å²) in [7, 11) is 1.99. The molecule has 1 aromatic carbocycles. The third-order valence-corrected chi connectivity index (χ3v) is 3.90. The lowest BCUT2D eigenvalue weighted by Crippen LogP contribution is -2.17. The fraction of sp³-hybridized carbons (Fsp3) is 0.385. The van der Waals surface area contributed by atoms with Gasteiger partial charge in [0.05, 0.1) is 5.52 Å². The molecule has 1 N–H and O–H groups in total. The Hall–Kier alpha value is -1.13. The van der Waals surface area contributed by atoms with Crippen LogP contribution < -0.4 is 5.32 Å². The maximum Gasteiger partial charge on any atom is 0.117 e. The lowest BCUT2D eigenvalue weighted by molar-refractivity contribution is 0.603. The number of hydrogen-bond acceptors (Lipinski definition) is 4. The summed E-state index contributed by atoms with van der Waals surface area (Å²) >= 11 is 1.81. The zero-order valence-corrected chi connectivity index (χ0v) is 11.0. The van der Waals surface area contributed by atoms with Crippen LogP contribution in [0.2, 0.25) is 0 Å². The highest BCUT2D eigenvalue weighted by molar-refractivity contribution is 7.99. The molecule has 4 heteroatoms. The Balaban J connectivity index is 2.13. The van der Waals surface area contributed by atoms with E-state index in [9.17, 15) is 0 Å². The van der Waals surface area contributed by atoms with Crippen LogP contribution in [0.15, 0.2) is 35.6 Å². The van der Waals surface area contributed by atoms with E-state index in [0.717, 1.165) is 28.2 Å². The van der Waals surface area contributed by atoms with E-state index in [4.69, 9.17) is 0 Å². The Morgan fingerprint density at radius 3 is 2.94 bits per heavy atom. The number of nitrogens with one attached hydrogen (secondary N) is 1. The summed E-state index contributed by atoms with van der Waals surface area (Å²) in [5.41, 5.74) is 1.02. The predicted molar refractivity (Wildman–Crippen MR) is 73.4 cm³/mol. The van der Waals surface area contributed by atoms with Crippen molar-refractivity contribution in [3.8, 4) is 0 Å². The normalized spacial score (nSPS) is 12.8. The average Bonchev–Trinajstić information content (AvgIpc) is 2.36. The molecule has 0 aliphatic heterocycles. The van der Waals surface area contributed by atoms with Crippen LogP contribution in [0.3, 0.4) is 0 Å². The van der Waals surface area contributed by atoms with Crippen LogP contribution in [0, 0.1) is 5.92 Å². The molecule has 2 rings (SSSR count). The molecule has 3 nitrogen and oxygen atoms in total. The van der Waals surface area contributed by atoms with E-state index < -0.39 is 0 Å². The summed E-state index contributed by atoms with van der Waals surface area (Å²) in [4.78, 5) is 8.64. The molecular formula is C13H17N3S. The standard InChI is InChI=1S/C13H17N3S/c1-10(7-14-2)8-17-13-11-5-3-4-6-12(11)15-9-16-13/h3-6,9-10,14H,7-8H2,1-2H3. The first-order chi connectivity index (χ1) is 8.31. The molecule has 17 heavy (non-hydrogen) atoms. The summed E-state index contributed by atoms with van der Waals surface area (Å²) < 4.78 is 0. The molecule has 0 radical (unpaired) electrons. The van der Waals surface area contributed by atoms with Crippen molar-refractivity contribution in [2.24, 2.45) is 5.92 Å². The second-order valence-electron chi connectivity index (χ2n) is 4.17. The van der Waals surface area contributed by atoms with Gasteiger partial charge in [0.2, 0.25) is 0 Å². The molecule has 0 spiro atoms. The highest BCUT2D eigenvalue weighted by Gasteiger charge is 2.06. The Kier molecular flexibility index (Phi) is 4.34. The Morgan fingerprint density at radius 1 is 1.29 bits per heavy atom. The fourth-order valence-corrected chi connectivity index (χ4v) is 2.73. The molecule has 0 saturated heterocycles. The van der Waals surface area contributed by atoms with E-state index in [1.807, 2.05) is 25.2 Å². The van der Waals surface area contributed by atoms with Gasteiger partial charge in [0.25, 0.3) is 0 Å². The smallest absolute Gasteiger partial charge is 0.117 e. The van der Waals surface area contributed by atoms with Crippen molar-refractivity contribution in [2.45, 2.75) is 11.9 Å². The second-order valence-corrected chi connectivity index (χ2v) is 5.18. The zero-order valence-electron chi connectivity index (χ0n) is 10.2. The summed E-state index contributed by atoms with van der Waals surface area (Å²) in [6, 6.07) is 8.15. The first-order valence-electron chi connectivity index (χ1n) is 5.78. The van der Waals surface area contributed by atoms with Crippen molar-refractivity contribution in [2.75, 3.05) is 19.3 Å². The van der Waals surface area contributed by atoms with Gasteiger partial charge >= 0.3 is 0 Å². The maximum absolute atomic E-state index is 4.37. The van der Waals surface area contributed by atoms with Crippen LogP contribution in [0.25, 0.3) is 10.9 Å². The van der Waals surface area contributed by atoms with Crippen molar-refractivity contribution in [3.05, 3.63) is 30.6 Å². The largest absolute Gasteiger partial charge is 0.319 e. The van der Waals surface area contributed by atoms with Gasteiger partial charge in [-0.05, 0) is 25.6 Å². The van der Waals surface area contributed by atoms with Crippen LogP contribution in [-0.4, -0.2) is 29.3 Å². The van der Waals surface area contributed by atoms with Gasteiger partial charge in [-0.25, -0.2) is 9.97 Å². The Bertz CT molecular complexity index is 482. The third kappa shape index (κ3) is 3.17. The lowest BCUT2D eigenvalue weighted by Gasteiger charge is -2.10. The summed E-state index contributed by atoms with van der Waals surface area (Å²) in [5, 5.41) is 5.43. The van der Waals surface area contributed by atoms with Crippen molar-refractivity contribution in [1.82, 2.24) is 15.3 Å². The van der Waals surface area contributed by atoms with Crippen LogP contribution in [0.4, 0.5) is 0 Å². The topological polar surface area (TPSA) is 37.8 Å². The second kappa shape index (κ2) is 5.98. The number of aromatic nitrogens is 2. The fourth-order valence-electron chi connectivity index (χ4n) is 1.72. The number of para-hydroxylation sites is 1. The molecule has 0 aliphatic carbocycles. The summed E-state index contributed by atoms with van der Waals surface area (Å²) in [6.45, 7) is 3.28. The van der Waals surface area contributed by atoms with Gasteiger partial charge in [0.15, 0.2) is 0 Å². The molecule has 2 aromatic rings. The SMILES string of the molecule is CNCC(C)CSc1ncnc2ccccc12. The molecule has 90 valence electrons. The highest BCUT2D eigenvalue weighted by atomic mass is 32.2. The zero-order chi connectivity index (χ0) is 12.1. The molecule has 0 amide bonds. The number of fused-ring (bicyclic) bond motifs is 1. The predicted octanol–water partition coefficient (Wildman–Crippen LogP) is 2.58. The van der Waals surface area contributed by atoms with Crippen molar-refractivity contribution in [3.63, 3.8) is 0 Å². The van der Waals surface area contributed by atoms with E-state index in [0.29, 0.717) is 5.92 Å². The quantitative estimate of drug-likeness (QED) is 0.651. The van der Waals surface area contributed by atoms with Crippen LogP contribution in [-0.2, 0) is 0 Å². The molecule has 1 atom stereocenters. The van der Waals surface area contributed by atoms with Crippen LogP contribution in [0.1, 0.15) is 6.92 Å². The average molecular weight is 247 g/mol. The van der Waals surface area contributed by atoms with Crippen molar-refractivity contribution in [1.29, 1.82) is 0 Å². The van der Waals surface area contributed by atoms with Gasteiger partial charge in [0.1, 0.15) is 11.4 Å². The van der Waals surface area contributed by atoms with Crippen molar-refractivity contribution >= 4 is 22.7 Å². The van der Waals surface area contributed by atoms with Crippen LogP contribution >= 0.6 is 11.8 Å². The monoisotopic (exact) mass is 247 g/mol.